The second-order valence-electron chi connectivity index (χ2n) is 6.06. The van der Waals surface area contributed by atoms with Crippen molar-refractivity contribution < 1.29 is 9.72 Å². The Kier molecular flexibility index (Phi) is 5.95. The van der Waals surface area contributed by atoms with Crippen molar-refractivity contribution >= 4 is 39.8 Å². The van der Waals surface area contributed by atoms with Crippen molar-refractivity contribution in [2.24, 2.45) is 0 Å². The second kappa shape index (κ2) is 8.97. The zero-order valence-corrected chi connectivity index (χ0v) is 17.6. The van der Waals surface area contributed by atoms with Crippen LogP contribution < -0.4 is 5.32 Å². The van der Waals surface area contributed by atoms with Gasteiger partial charge in [0, 0.05) is 17.0 Å². The Balaban J connectivity index is 1.67. The molecule has 11 nitrogen and oxygen atoms in total. The largest absolute Gasteiger partial charge is 0.296 e. The van der Waals surface area contributed by atoms with Crippen molar-refractivity contribution in [1.29, 1.82) is 0 Å². The molecule has 0 aliphatic heterocycles. The van der Waals surface area contributed by atoms with Crippen LogP contribution in [0.15, 0.2) is 58.6 Å². The average molecular weight is 454 g/mol. The summed E-state index contributed by atoms with van der Waals surface area (Å²) in [5, 5.41) is 35.0. The van der Waals surface area contributed by atoms with Crippen LogP contribution >= 0.6 is 23.1 Å². The molecular formula is C18H14N8O3S2. The summed E-state index contributed by atoms with van der Waals surface area (Å²) in [5.41, 5.74) is 0.641. The summed E-state index contributed by atoms with van der Waals surface area (Å²) in [4.78, 5) is 24.1. The van der Waals surface area contributed by atoms with Gasteiger partial charge in [0.2, 0.25) is 10.3 Å². The summed E-state index contributed by atoms with van der Waals surface area (Å²) < 4.78 is 1.52. The Hall–Kier alpha value is -3.71. The predicted octanol–water partition coefficient (Wildman–Crippen LogP) is 3.39. The number of nitrogens with one attached hydrogen (secondary N) is 1. The lowest BCUT2D eigenvalue weighted by atomic mass is 10.2. The number of carbonyl (C=O) groups is 1. The highest BCUT2D eigenvalue weighted by atomic mass is 32.2. The molecule has 156 valence electrons. The molecule has 1 amide bonds. The Morgan fingerprint density at radius 2 is 2.00 bits per heavy atom. The molecule has 0 saturated carbocycles. The zero-order chi connectivity index (χ0) is 21.8. The minimum absolute atomic E-state index is 0.107. The van der Waals surface area contributed by atoms with E-state index < -0.39 is 10.8 Å². The molecule has 0 radical (unpaired) electrons. The first-order chi connectivity index (χ1) is 15.0. The topological polar surface area (TPSA) is 142 Å². The summed E-state index contributed by atoms with van der Waals surface area (Å²) in [6, 6.07) is 13.3. The number of hydrogen-bond donors (Lipinski definition) is 1. The summed E-state index contributed by atoms with van der Waals surface area (Å²) in [6.07, 6.45) is 0.688. The van der Waals surface area contributed by atoms with E-state index in [9.17, 15) is 14.9 Å². The number of carbonyl (C=O) groups excluding carboxylic acids is 1. The van der Waals surface area contributed by atoms with E-state index >= 15 is 0 Å². The third-order valence-electron chi connectivity index (χ3n) is 4.05. The van der Waals surface area contributed by atoms with Gasteiger partial charge in [-0.3, -0.25) is 20.2 Å². The van der Waals surface area contributed by atoms with Crippen molar-refractivity contribution in [3.63, 3.8) is 0 Å². The minimum Gasteiger partial charge on any atom is -0.296 e. The molecule has 0 atom stereocenters. The number of nitro groups is 1. The average Bonchev–Trinajstić information content (AvgIpc) is 3.43. The molecule has 0 unspecified atom stereocenters. The number of nitro benzene ring substituents is 1. The van der Waals surface area contributed by atoms with E-state index in [-0.39, 0.29) is 11.3 Å². The van der Waals surface area contributed by atoms with Gasteiger partial charge in [0.25, 0.3) is 11.6 Å². The van der Waals surface area contributed by atoms with Gasteiger partial charge in [-0.2, -0.15) is 4.68 Å². The molecule has 13 heteroatoms. The summed E-state index contributed by atoms with van der Waals surface area (Å²) in [7, 11) is 0. The van der Waals surface area contributed by atoms with Crippen LogP contribution in [0.25, 0.3) is 5.69 Å². The van der Waals surface area contributed by atoms with Crippen molar-refractivity contribution in [2.45, 2.75) is 23.4 Å². The number of rotatable bonds is 7. The van der Waals surface area contributed by atoms with Crippen LogP contribution in [-0.2, 0) is 6.42 Å². The highest BCUT2D eigenvalue weighted by Crippen LogP contribution is 2.33. The maximum atomic E-state index is 12.9. The van der Waals surface area contributed by atoms with Crippen LogP contribution in [0, 0.1) is 10.1 Å². The van der Waals surface area contributed by atoms with Gasteiger partial charge in [-0.05, 0) is 46.8 Å². The summed E-state index contributed by atoms with van der Waals surface area (Å²) in [6.45, 7) is 1.93. The molecule has 0 aliphatic carbocycles. The second-order valence-corrected chi connectivity index (χ2v) is 8.13. The molecule has 2 heterocycles. The molecular weight excluding hydrogens is 440 g/mol. The van der Waals surface area contributed by atoms with Crippen LogP contribution in [0.1, 0.15) is 22.3 Å². The molecule has 0 saturated heterocycles. The molecule has 0 spiro atoms. The van der Waals surface area contributed by atoms with Gasteiger partial charge >= 0.3 is 0 Å². The van der Waals surface area contributed by atoms with Crippen molar-refractivity contribution in [3.8, 4) is 5.69 Å². The number of aromatic nitrogens is 6. The fourth-order valence-electron chi connectivity index (χ4n) is 2.58. The smallest absolute Gasteiger partial charge is 0.270 e. The minimum atomic E-state index is -0.556. The molecule has 4 aromatic rings. The maximum Gasteiger partial charge on any atom is 0.270 e. The molecule has 0 fully saturated rings. The molecule has 0 aliphatic rings. The standard InChI is InChI=1S/C18H14N8O3S2/c1-2-15-20-21-17(31-15)19-16(27)13-10-12(26(28)29)8-9-14(13)30-18-22-23-24-25(18)11-6-4-3-5-7-11/h3-10H,2H2,1H3,(H,19,21,27). The number of aryl methyl sites for hydroxylation is 1. The van der Waals surface area contributed by atoms with E-state index in [1.165, 1.54) is 34.2 Å². The first-order valence-corrected chi connectivity index (χ1v) is 10.6. The van der Waals surface area contributed by atoms with Crippen LogP contribution in [-0.4, -0.2) is 41.2 Å². The lowest BCUT2D eigenvalue weighted by molar-refractivity contribution is -0.384. The lowest BCUT2D eigenvalue weighted by Crippen LogP contribution is -2.13. The van der Waals surface area contributed by atoms with E-state index in [0.717, 1.165) is 22.5 Å². The van der Waals surface area contributed by atoms with Gasteiger partial charge in [0.1, 0.15) is 5.01 Å². The highest BCUT2D eigenvalue weighted by Gasteiger charge is 2.21. The fraction of sp³-hybridized carbons (Fsp3) is 0.111. The van der Waals surface area contributed by atoms with Gasteiger partial charge in [0.05, 0.1) is 16.2 Å². The van der Waals surface area contributed by atoms with Crippen LogP contribution in [0.3, 0.4) is 0 Å². The molecule has 2 aromatic carbocycles. The van der Waals surface area contributed by atoms with Gasteiger partial charge in [0.15, 0.2) is 0 Å². The number of amides is 1. The fourth-order valence-corrected chi connectivity index (χ4v) is 4.16. The quantitative estimate of drug-likeness (QED) is 0.328. The number of benzene rings is 2. The molecule has 2 aromatic heterocycles. The van der Waals surface area contributed by atoms with Crippen molar-refractivity contribution in [2.75, 3.05) is 5.32 Å². The van der Waals surface area contributed by atoms with Gasteiger partial charge < -0.3 is 0 Å². The SMILES string of the molecule is CCc1nnc(NC(=O)c2cc([N+](=O)[O-])ccc2Sc2nnnn2-c2ccccc2)s1. The number of hydrogen-bond acceptors (Lipinski definition) is 10. The molecule has 0 bridgehead atoms. The van der Waals surface area contributed by atoms with E-state index in [2.05, 4.69) is 31.0 Å². The lowest BCUT2D eigenvalue weighted by Gasteiger charge is -2.09. The van der Waals surface area contributed by atoms with Crippen LogP contribution in [0.2, 0.25) is 0 Å². The number of para-hydroxylation sites is 1. The van der Waals surface area contributed by atoms with E-state index in [1.807, 2.05) is 37.3 Å². The Morgan fingerprint density at radius 1 is 1.19 bits per heavy atom. The monoisotopic (exact) mass is 454 g/mol. The maximum absolute atomic E-state index is 12.9. The van der Waals surface area contributed by atoms with Crippen LogP contribution in [0.5, 0.6) is 0 Å². The molecule has 4 rings (SSSR count). The predicted molar refractivity (Wildman–Crippen MR) is 114 cm³/mol. The van der Waals surface area contributed by atoms with Gasteiger partial charge in [-0.25, -0.2) is 0 Å². The molecule has 31 heavy (non-hydrogen) atoms. The Morgan fingerprint density at radius 3 is 2.71 bits per heavy atom. The van der Waals surface area contributed by atoms with Crippen molar-refractivity contribution in [3.05, 3.63) is 69.2 Å². The number of nitrogens with zero attached hydrogens (tertiary/aromatic N) is 7. The van der Waals surface area contributed by atoms with E-state index in [4.69, 9.17) is 0 Å². The normalized spacial score (nSPS) is 10.7. The first-order valence-electron chi connectivity index (χ1n) is 8.99. The Labute approximate surface area is 183 Å². The summed E-state index contributed by atoms with van der Waals surface area (Å²) in [5.74, 6) is -0.538. The van der Waals surface area contributed by atoms with E-state index in [1.54, 1.807) is 0 Å². The van der Waals surface area contributed by atoms with Crippen molar-refractivity contribution in [1.82, 2.24) is 30.4 Å². The number of anilines is 1. The molecule has 1 N–H and O–H groups in total. The highest BCUT2D eigenvalue weighted by molar-refractivity contribution is 7.99. The van der Waals surface area contributed by atoms with Gasteiger partial charge in [-0.1, -0.05) is 36.5 Å². The zero-order valence-electron chi connectivity index (χ0n) is 16.0. The third kappa shape index (κ3) is 4.57. The van der Waals surface area contributed by atoms with E-state index in [0.29, 0.717) is 21.6 Å². The summed E-state index contributed by atoms with van der Waals surface area (Å²) >= 11 is 2.37. The number of non-ortho nitro benzene ring substituents is 1. The third-order valence-corrected chi connectivity index (χ3v) is 6.05. The first kappa shape index (κ1) is 20.6. The van der Waals surface area contributed by atoms with Gasteiger partial charge in [-0.15, -0.1) is 15.3 Å². The number of tetrazole rings is 1. The Bertz CT molecular complexity index is 1240. The van der Waals surface area contributed by atoms with Crippen LogP contribution in [0.4, 0.5) is 10.8 Å².